The van der Waals surface area contributed by atoms with Gasteiger partial charge >= 0.3 is 11.9 Å². The van der Waals surface area contributed by atoms with Crippen LogP contribution in [0.25, 0.3) is 0 Å². The summed E-state index contributed by atoms with van der Waals surface area (Å²) in [5.41, 5.74) is -0.161. The Hall–Kier alpha value is -1.89. The topological polar surface area (TPSA) is 81.6 Å². The van der Waals surface area contributed by atoms with E-state index in [1.54, 1.807) is 6.92 Å². The number of anilines is 1. The van der Waals surface area contributed by atoms with Crippen molar-refractivity contribution >= 4 is 29.4 Å². The van der Waals surface area contributed by atoms with Gasteiger partial charge in [-0.3, -0.25) is 4.79 Å². The SMILES string of the molecule is CCOC(=O)c1cnc(Cl)nc1N1CCC(CC(=O)OC(C)(C)C)CC1. The molecular formula is C18H26ClN3O4. The molecule has 1 fully saturated rings. The largest absolute Gasteiger partial charge is 0.462 e. The summed E-state index contributed by atoms with van der Waals surface area (Å²) in [5.74, 6) is 0.104. The van der Waals surface area contributed by atoms with Crippen LogP contribution in [0.4, 0.5) is 5.82 Å². The quantitative estimate of drug-likeness (QED) is 0.570. The van der Waals surface area contributed by atoms with Crippen LogP contribution in [0.2, 0.25) is 5.28 Å². The standard InChI is InChI=1S/C18H26ClN3O4/c1-5-25-16(24)13-11-20-17(19)21-15(13)22-8-6-12(7-9-22)10-14(23)26-18(2,3)4/h11-12H,5-10H2,1-4H3. The molecular weight excluding hydrogens is 358 g/mol. The average Bonchev–Trinajstić information content (AvgIpc) is 2.53. The molecule has 144 valence electrons. The first kappa shape index (κ1) is 20.4. The normalized spacial score (nSPS) is 15.7. The van der Waals surface area contributed by atoms with Crippen LogP contribution in [0.1, 0.15) is 57.3 Å². The van der Waals surface area contributed by atoms with Gasteiger partial charge in [-0.15, -0.1) is 0 Å². The van der Waals surface area contributed by atoms with Crippen molar-refractivity contribution in [1.29, 1.82) is 0 Å². The average molecular weight is 384 g/mol. The van der Waals surface area contributed by atoms with Gasteiger partial charge in [0, 0.05) is 25.7 Å². The van der Waals surface area contributed by atoms with E-state index in [1.807, 2.05) is 25.7 Å². The summed E-state index contributed by atoms with van der Waals surface area (Å²) in [6.07, 6.45) is 3.42. The lowest BCUT2D eigenvalue weighted by atomic mass is 9.93. The molecule has 0 N–H and O–H groups in total. The Bertz CT molecular complexity index is 652. The van der Waals surface area contributed by atoms with Crippen molar-refractivity contribution in [3.8, 4) is 0 Å². The Kier molecular flexibility index (Phi) is 6.81. The van der Waals surface area contributed by atoms with E-state index in [9.17, 15) is 9.59 Å². The van der Waals surface area contributed by atoms with Crippen molar-refractivity contribution in [1.82, 2.24) is 9.97 Å². The van der Waals surface area contributed by atoms with Crippen LogP contribution in [0.15, 0.2) is 6.20 Å². The van der Waals surface area contributed by atoms with E-state index in [0.29, 0.717) is 30.9 Å². The van der Waals surface area contributed by atoms with E-state index in [0.717, 1.165) is 12.8 Å². The molecule has 0 radical (unpaired) electrons. The molecule has 0 atom stereocenters. The smallest absolute Gasteiger partial charge is 0.343 e. The van der Waals surface area contributed by atoms with Crippen LogP contribution >= 0.6 is 11.6 Å². The van der Waals surface area contributed by atoms with Crippen molar-refractivity contribution in [3.63, 3.8) is 0 Å². The molecule has 0 aliphatic carbocycles. The highest BCUT2D eigenvalue weighted by atomic mass is 35.5. The Morgan fingerprint density at radius 1 is 1.31 bits per heavy atom. The molecule has 2 rings (SSSR count). The fraction of sp³-hybridized carbons (Fsp3) is 0.667. The molecule has 8 heteroatoms. The van der Waals surface area contributed by atoms with Gasteiger partial charge in [-0.1, -0.05) is 0 Å². The van der Waals surface area contributed by atoms with E-state index in [-0.39, 0.29) is 23.8 Å². The third kappa shape index (κ3) is 5.83. The molecule has 1 aliphatic rings. The van der Waals surface area contributed by atoms with Gasteiger partial charge in [-0.2, -0.15) is 4.98 Å². The van der Waals surface area contributed by atoms with Gasteiger partial charge in [0.25, 0.3) is 0 Å². The Morgan fingerprint density at radius 2 is 1.96 bits per heavy atom. The molecule has 1 aliphatic heterocycles. The van der Waals surface area contributed by atoms with Gasteiger partial charge in [0.05, 0.1) is 6.61 Å². The van der Waals surface area contributed by atoms with Gasteiger partial charge < -0.3 is 14.4 Å². The highest BCUT2D eigenvalue weighted by Crippen LogP contribution is 2.28. The summed E-state index contributed by atoms with van der Waals surface area (Å²) in [4.78, 5) is 34.2. The predicted molar refractivity (Wildman–Crippen MR) is 98.4 cm³/mol. The van der Waals surface area contributed by atoms with Gasteiger partial charge in [0.15, 0.2) is 0 Å². The van der Waals surface area contributed by atoms with E-state index < -0.39 is 11.6 Å². The Morgan fingerprint density at radius 3 is 2.54 bits per heavy atom. The molecule has 0 unspecified atom stereocenters. The van der Waals surface area contributed by atoms with E-state index in [4.69, 9.17) is 21.1 Å². The van der Waals surface area contributed by atoms with Crippen molar-refractivity contribution < 1.29 is 19.1 Å². The fourth-order valence-corrected chi connectivity index (χ4v) is 3.04. The maximum atomic E-state index is 12.1. The van der Waals surface area contributed by atoms with E-state index in [1.165, 1.54) is 6.20 Å². The number of hydrogen-bond acceptors (Lipinski definition) is 7. The number of carbonyl (C=O) groups is 2. The van der Waals surface area contributed by atoms with Crippen LogP contribution in [0.3, 0.4) is 0 Å². The van der Waals surface area contributed by atoms with E-state index >= 15 is 0 Å². The number of hydrogen-bond donors (Lipinski definition) is 0. The predicted octanol–water partition coefficient (Wildman–Crippen LogP) is 3.25. The molecule has 2 heterocycles. The number of esters is 2. The second-order valence-corrected chi connectivity index (χ2v) is 7.66. The summed E-state index contributed by atoms with van der Waals surface area (Å²) in [7, 11) is 0. The summed E-state index contributed by atoms with van der Waals surface area (Å²) < 4.78 is 10.5. The van der Waals surface area contributed by atoms with Gasteiger partial charge in [0.2, 0.25) is 5.28 Å². The molecule has 0 saturated carbocycles. The summed E-state index contributed by atoms with van der Waals surface area (Å²) in [5, 5.41) is 0.0870. The number of aromatic nitrogens is 2. The summed E-state index contributed by atoms with van der Waals surface area (Å²) >= 11 is 5.91. The van der Waals surface area contributed by atoms with Crippen LogP contribution in [-0.4, -0.2) is 47.2 Å². The first-order chi connectivity index (χ1) is 12.2. The molecule has 0 spiro atoms. The minimum atomic E-state index is -0.468. The minimum absolute atomic E-state index is 0.0870. The number of halogens is 1. The fourth-order valence-electron chi connectivity index (χ4n) is 2.91. The van der Waals surface area contributed by atoms with Crippen LogP contribution in [0, 0.1) is 5.92 Å². The van der Waals surface area contributed by atoms with Crippen molar-refractivity contribution in [2.24, 2.45) is 5.92 Å². The molecule has 1 aromatic rings. The Labute approximate surface area is 159 Å². The number of rotatable bonds is 5. The lowest BCUT2D eigenvalue weighted by molar-refractivity contribution is -0.156. The summed E-state index contributed by atoms with van der Waals surface area (Å²) in [6.45, 7) is 8.96. The second kappa shape index (κ2) is 8.66. The molecule has 0 amide bonds. The molecule has 1 aromatic heterocycles. The number of piperidine rings is 1. The highest BCUT2D eigenvalue weighted by Gasteiger charge is 2.28. The minimum Gasteiger partial charge on any atom is -0.462 e. The maximum Gasteiger partial charge on any atom is 0.343 e. The third-order valence-electron chi connectivity index (χ3n) is 4.02. The van der Waals surface area contributed by atoms with Crippen molar-refractivity contribution in [2.75, 3.05) is 24.6 Å². The van der Waals surface area contributed by atoms with Crippen molar-refractivity contribution in [3.05, 3.63) is 17.0 Å². The third-order valence-corrected chi connectivity index (χ3v) is 4.21. The van der Waals surface area contributed by atoms with Crippen LogP contribution in [-0.2, 0) is 14.3 Å². The van der Waals surface area contributed by atoms with Crippen LogP contribution in [0.5, 0.6) is 0 Å². The van der Waals surface area contributed by atoms with Crippen LogP contribution < -0.4 is 4.90 Å². The molecule has 0 aromatic carbocycles. The lowest BCUT2D eigenvalue weighted by Crippen LogP contribution is -2.36. The molecule has 1 saturated heterocycles. The molecule has 26 heavy (non-hydrogen) atoms. The second-order valence-electron chi connectivity index (χ2n) is 7.32. The zero-order valence-electron chi connectivity index (χ0n) is 15.7. The zero-order valence-corrected chi connectivity index (χ0v) is 16.5. The first-order valence-electron chi connectivity index (χ1n) is 8.86. The number of carbonyl (C=O) groups excluding carboxylic acids is 2. The Balaban J connectivity index is 2.00. The first-order valence-corrected chi connectivity index (χ1v) is 9.24. The lowest BCUT2D eigenvalue weighted by Gasteiger charge is -2.33. The molecule has 0 bridgehead atoms. The molecule has 7 nitrogen and oxygen atoms in total. The monoisotopic (exact) mass is 383 g/mol. The van der Waals surface area contributed by atoms with Gasteiger partial charge in [-0.05, 0) is 58.1 Å². The van der Waals surface area contributed by atoms with Gasteiger partial charge in [0.1, 0.15) is 17.0 Å². The van der Waals surface area contributed by atoms with Crippen molar-refractivity contribution in [2.45, 2.75) is 52.6 Å². The van der Waals surface area contributed by atoms with E-state index in [2.05, 4.69) is 9.97 Å². The van der Waals surface area contributed by atoms with Gasteiger partial charge in [-0.25, -0.2) is 9.78 Å². The summed E-state index contributed by atoms with van der Waals surface area (Å²) in [6, 6.07) is 0. The zero-order chi connectivity index (χ0) is 19.3. The number of ether oxygens (including phenoxy) is 2. The maximum absolute atomic E-state index is 12.1. The highest BCUT2D eigenvalue weighted by molar-refractivity contribution is 6.28. The number of nitrogens with zero attached hydrogens (tertiary/aromatic N) is 3.